The molecule has 0 bridgehead atoms. The van der Waals surface area contributed by atoms with E-state index in [-0.39, 0.29) is 22.9 Å². The van der Waals surface area contributed by atoms with Crippen molar-refractivity contribution in [3.63, 3.8) is 0 Å². The first-order valence-electron chi connectivity index (χ1n) is 7.31. The lowest BCUT2D eigenvalue weighted by Gasteiger charge is -2.08. The number of phenols is 1. The van der Waals surface area contributed by atoms with Crippen LogP contribution in [0, 0.1) is 0 Å². The number of amides is 1. The number of nitrogens with zero attached hydrogens (tertiary/aromatic N) is 3. The number of amidine groups is 1. The van der Waals surface area contributed by atoms with Gasteiger partial charge in [-0.1, -0.05) is 0 Å². The number of aromatic hydroxyl groups is 1. The van der Waals surface area contributed by atoms with Crippen molar-refractivity contribution in [1.29, 1.82) is 0 Å². The number of likely N-dealkylation sites (N-methyl/N-ethyl adjacent to an activating group) is 1. The summed E-state index contributed by atoms with van der Waals surface area (Å²) in [6.07, 6.45) is 3.64. The van der Waals surface area contributed by atoms with E-state index in [1.807, 2.05) is 29.9 Å². The summed E-state index contributed by atoms with van der Waals surface area (Å²) in [7, 11) is 3.46. The zero-order valence-electron chi connectivity index (χ0n) is 13.5. The predicted octanol–water partition coefficient (Wildman–Crippen LogP) is 2.66. The summed E-state index contributed by atoms with van der Waals surface area (Å²) >= 11 is 1.17. The number of aromatic nitrogens is 1. The van der Waals surface area contributed by atoms with E-state index in [2.05, 4.69) is 4.99 Å². The molecule has 2 N–H and O–H groups in total. The fourth-order valence-corrected chi connectivity index (χ4v) is 3.27. The summed E-state index contributed by atoms with van der Waals surface area (Å²) in [5.41, 5.74) is 0.919. The molecule has 1 fully saturated rings. The minimum absolute atomic E-state index is 0.131. The van der Waals surface area contributed by atoms with E-state index in [0.717, 1.165) is 11.8 Å². The van der Waals surface area contributed by atoms with Gasteiger partial charge in [0.15, 0.2) is 5.17 Å². The van der Waals surface area contributed by atoms with Gasteiger partial charge >= 0.3 is 5.97 Å². The Morgan fingerprint density at radius 1 is 1.28 bits per heavy atom. The van der Waals surface area contributed by atoms with Crippen LogP contribution < -0.4 is 0 Å². The van der Waals surface area contributed by atoms with Gasteiger partial charge in [0.05, 0.1) is 16.2 Å². The molecule has 25 heavy (non-hydrogen) atoms. The van der Waals surface area contributed by atoms with Crippen LogP contribution in [0.1, 0.15) is 16.1 Å². The summed E-state index contributed by atoms with van der Waals surface area (Å²) < 4.78 is 1.89. The van der Waals surface area contributed by atoms with Crippen LogP contribution in [0.4, 0.5) is 5.69 Å². The van der Waals surface area contributed by atoms with E-state index in [1.165, 1.54) is 28.8 Å². The number of carbonyl (C=O) groups excluding carboxylic acids is 1. The molecule has 8 heteroatoms. The van der Waals surface area contributed by atoms with Crippen molar-refractivity contribution in [1.82, 2.24) is 9.47 Å². The molecule has 3 rings (SSSR count). The number of rotatable bonds is 3. The van der Waals surface area contributed by atoms with Crippen molar-refractivity contribution in [3.8, 4) is 5.75 Å². The van der Waals surface area contributed by atoms with E-state index in [9.17, 15) is 19.8 Å². The summed E-state index contributed by atoms with van der Waals surface area (Å²) in [5.74, 6) is -1.57. The van der Waals surface area contributed by atoms with Crippen LogP contribution >= 0.6 is 11.8 Å². The lowest BCUT2D eigenvalue weighted by molar-refractivity contribution is -0.121. The smallest absolute Gasteiger partial charge is 0.338 e. The number of aromatic carboxylic acids is 1. The third-order valence-corrected chi connectivity index (χ3v) is 4.75. The fourth-order valence-electron chi connectivity index (χ4n) is 2.31. The topological polar surface area (TPSA) is 95.1 Å². The van der Waals surface area contributed by atoms with Gasteiger partial charge in [0.1, 0.15) is 5.75 Å². The molecule has 1 aromatic carbocycles. The average Bonchev–Trinajstić information content (AvgIpc) is 3.08. The quantitative estimate of drug-likeness (QED) is 0.824. The lowest BCUT2D eigenvalue weighted by Crippen LogP contribution is -2.23. The van der Waals surface area contributed by atoms with Crippen LogP contribution in [0.25, 0.3) is 6.08 Å². The Kier molecular flexibility index (Phi) is 4.37. The Morgan fingerprint density at radius 3 is 2.68 bits per heavy atom. The molecule has 1 aliphatic rings. The number of carboxylic acids is 1. The van der Waals surface area contributed by atoms with E-state index >= 15 is 0 Å². The van der Waals surface area contributed by atoms with E-state index < -0.39 is 5.97 Å². The van der Waals surface area contributed by atoms with Crippen LogP contribution in [0.2, 0.25) is 0 Å². The molecule has 0 spiro atoms. The van der Waals surface area contributed by atoms with Crippen LogP contribution in [0.5, 0.6) is 5.75 Å². The molecular weight excluding hydrogens is 342 g/mol. The zero-order chi connectivity index (χ0) is 18.1. The van der Waals surface area contributed by atoms with E-state index in [1.54, 1.807) is 13.1 Å². The minimum atomic E-state index is -1.20. The molecule has 1 amide bonds. The van der Waals surface area contributed by atoms with Gasteiger partial charge in [-0.05, 0) is 48.2 Å². The van der Waals surface area contributed by atoms with Gasteiger partial charge in [0.2, 0.25) is 0 Å². The number of carboxylic acid groups (broad SMARTS) is 1. The predicted molar refractivity (Wildman–Crippen MR) is 95.9 cm³/mol. The van der Waals surface area contributed by atoms with Gasteiger partial charge < -0.3 is 14.8 Å². The second kappa shape index (κ2) is 6.48. The van der Waals surface area contributed by atoms with Crippen molar-refractivity contribution in [3.05, 3.63) is 52.7 Å². The first kappa shape index (κ1) is 16.8. The molecule has 0 unspecified atom stereocenters. The molecule has 2 heterocycles. The van der Waals surface area contributed by atoms with Gasteiger partial charge in [0, 0.05) is 26.0 Å². The summed E-state index contributed by atoms with van der Waals surface area (Å²) in [4.78, 5) is 29.9. The Hall–Kier alpha value is -3.00. The third kappa shape index (κ3) is 3.29. The van der Waals surface area contributed by atoms with Gasteiger partial charge in [-0.3, -0.25) is 9.69 Å². The number of aliphatic imine (C=N–C) groups is 1. The Morgan fingerprint density at radius 2 is 2.04 bits per heavy atom. The van der Waals surface area contributed by atoms with Crippen molar-refractivity contribution in [2.24, 2.45) is 12.0 Å². The lowest BCUT2D eigenvalue weighted by atomic mass is 10.2. The number of carbonyl (C=O) groups is 2. The molecule has 0 atom stereocenters. The van der Waals surface area contributed by atoms with Crippen molar-refractivity contribution >= 4 is 40.6 Å². The highest BCUT2D eigenvalue weighted by atomic mass is 32.2. The van der Waals surface area contributed by atoms with Crippen LogP contribution in [-0.2, 0) is 11.8 Å². The van der Waals surface area contributed by atoms with Gasteiger partial charge in [-0.2, -0.15) is 0 Å². The SMILES string of the molecule is CN1C(=O)/C(=C/c2cccn2C)SC1=Nc1ccc(O)cc1C(=O)O. The second-order valence-corrected chi connectivity index (χ2v) is 6.43. The highest BCUT2D eigenvalue weighted by Crippen LogP contribution is 2.34. The van der Waals surface area contributed by atoms with Crippen molar-refractivity contribution in [2.45, 2.75) is 0 Å². The molecule has 128 valence electrons. The first-order valence-corrected chi connectivity index (χ1v) is 8.12. The summed E-state index contributed by atoms with van der Waals surface area (Å²) in [6.45, 7) is 0. The normalized spacial score (nSPS) is 17.7. The average molecular weight is 357 g/mol. The van der Waals surface area contributed by atoms with E-state index in [0.29, 0.717) is 10.1 Å². The second-order valence-electron chi connectivity index (χ2n) is 5.42. The standard InChI is InChI=1S/C17H15N3O4S/c1-19-7-3-4-10(19)8-14-15(22)20(2)17(25-14)18-13-6-5-11(21)9-12(13)16(23)24/h3-9,21H,1-2H3,(H,23,24)/b14-8-,18-17?. The highest BCUT2D eigenvalue weighted by Gasteiger charge is 2.31. The number of hydrogen-bond donors (Lipinski definition) is 2. The molecule has 7 nitrogen and oxygen atoms in total. The number of hydrogen-bond acceptors (Lipinski definition) is 5. The number of benzene rings is 1. The monoisotopic (exact) mass is 357 g/mol. The van der Waals surface area contributed by atoms with Crippen molar-refractivity contribution < 1.29 is 19.8 Å². The number of aryl methyl sites for hydroxylation is 1. The molecule has 1 aliphatic heterocycles. The molecule has 2 aromatic rings. The maximum Gasteiger partial charge on any atom is 0.338 e. The Balaban J connectivity index is 1.98. The summed E-state index contributed by atoms with van der Waals surface area (Å²) in [6, 6.07) is 7.66. The van der Waals surface area contributed by atoms with Gasteiger partial charge in [-0.25, -0.2) is 9.79 Å². The highest BCUT2D eigenvalue weighted by molar-refractivity contribution is 8.18. The molecular formula is C17H15N3O4S. The zero-order valence-corrected chi connectivity index (χ0v) is 14.3. The third-order valence-electron chi connectivity index (χ3n) is 3.69. The van der Waals surface area contributed by atoms with Gasteiger partial charge in [0.25, 0.3) is 5.91 Å². The number of thioether (sulfide) groups is 1. The Labute approximate surface area is 147 Å². The minimum Gasteiger partial charge on any atom is -0.508 e. The molecule has 1 aromatic heterocycles. The van der Waals surface area contributed by atoms with E-state index in [4.69, 9.17) is 0 Å². The van der Waals surface area contributed by atoms with Gasteiger partial charge in [-0.15, -0.1) is 0 Å². The molecule has 0 aliphatic carbocycles. The molecule has 1 saturated heterocycles. The Bertz CT molecular complexity index is 930. The molecule has 0 saturated carbocycles. The van der Waals surface area contributed by atoms with Crippen molar-refractivity contribution in [2.75, 3.05) is 7.05 Å². The summed E-state index contributed by atoms with van der Waals surface area (Å²) in [5, 5.41) is 19.1. The largest absolute Gasteiger partial charge is 0.508 e. The number of phenolic OH excluding ortho intramolecular Hbond substituents is 1. The maximum absolute atomic E-state index is 12.4. The maximum atomic E-state index is 12.4. The van der Waals surface area contributed by atoms with Crippen LogP contribution in [0.3, 0.4) is 0 Å². The van der Waals surface area contributed by atoms with Crippen LogP contribution in [0.15, 0.2) is 46.4 Å². The van der Waals surface area contributed by atoms with Crippen LogP contribution in [-0.4, -0.2) is 43.8 Å². The first-order chi connectivity index (χ1) is 11.9. The molecule has 0 radical (unpaired) electrons. The fraction of sp³-hybridized carbons (Fsp3) is 0.118.